The molecule has 1 aliphatic heterocycles. The van der Waals surface area contributed by atoms with E-state index in [1.807, 2.05) is 30.3 Å². The Morgan fingerprint density at radius 1 is 1.33 bits per heavy atom. The van der Waals surface area contributed by atoms with Crippen molar-refractivity contribution in [1.82, 2.24) is 4.90 Å². The Labute approximate surface area is 125 Å². The molecule has 1 aromatic carbocycles. The third-order valence-electron chi connectivity index (χ3n) is 3.41. The molecule has 0 radical (unpaired) electrons. The molecule has 0 spiro atoms. The predicted octanol–water partition coefficient (Wildman–Crippen LogP) is 3.53. The molecule has 0 aromatic heterocycles. The largest absolute Gasteiger partial charge is 0.444 e. The van der Waals surface area contributed by atoms with E-state index < -0.39 is 6.09 Å². The maximum Gasteiger partial charge on any atom is 0.414 e. The Morgan fingerprint density at radius 2 is 2.05 bits per heavy atom. The highest BCUT2D eigenvalue weighted by molar-refractivity contribution is 5.92. The summed E-state index contributed by atoms with van der Waals surface area (Å²) in [6.07, 6.45) is 3.76. The van der Waals surface area contributed by atoms with E-state index in [0.717, 1.165) is 12.0 Å². The maximum atomic E-state index is 12.2. The van der Waals surface area contributed by atoms with E-state index in [0.29, 0.717) is 12.3 Å². The van der Waals surface area contributed by atoms with Crippen molar-refractivity contribution < 1.29 is 14.3 Å². The molecule has 0 N–H and O–H groups in total. The topological polar surface area (TPSA) is 46.6 Å². The summed E-state index contributed by atoms with van der Waals surface area (Å²) in [5.74, 6) is 0.478. The molecule has 1 atom stereocenters. The van der Waals surface area contributed by atoms with Crippen LogP contribution in [0.2, 0.25) is 0 Å². The molecule has 0 bridgehead atoms. The van der Waals surface area contributed by atoms with Gasteiger partial charge >= 0.3 is 6.09 Å². The fraction of sp³-hybridized carbons (Fsp3) is 0.412. The highest BCUT2D eigenvalue weighted by Gasteiger charge is 2.28. The second-order valence-electron chi connectivity index (χ2n) is 5.72. The number of hydrogen-bond acceptors (Lipinski definition) is 3. The van der Waals surface area contributed by atoms with Crippen molar-refractivity contribution in [2.75, 3.05) is 0 Å². The summed E-state index contributed by atoms with van der Waals surface area (Å²) in [6.45, 7) is 4.40. The number of carbonyl (C=O) groups excluding carboxylic acids is 2. The molecule has 4 nitrogen and oxygen atoms in total. The van der Waals surface area contributed by atoms with E-state index in [1.54, 1.807) is 11.1 Å². The van der Waals surface area contributed by atoms with Gasteiger partial charge in [0.25, 0.3) is 0 Å². The van der Waals surface area contributed by atoms with Gasteiger partial charge in [-0.25, -0.2) is 4.79 Å². The standard InChI is InChI=1S/C17H21NO3/c1-13(2)10-15-11-16(19)8-9-18(15)17(20)21-12-14-6-4-3-5-7-14/h3-9,13,15H,10-12H2,1-2H3. The molecular weight excluding hydrogens is 266 g/mol. The van der Waals surface area contributed by atoms with Gasteiger partial charge in [0.15, 0.2) is 5.78 Å². The van der Waals surface area contributed by atoms with Gasteiger partial charge in [-0.2, -0.15) is 0 Å². The van der Waals surface area contributed by atoms with Crippen LogP contribution >= 0.6 is 0 Å². The molecule has 0 saturated carbocycles. The first-order valence-electron chi connectivity index (χ1n) is 7.26. The quantitative estimate of drug-likeness (QED) is 0.851. The fourth-order valence-corrected chi connectivity index (χ4v) is 2.43. The number of hydrogen-bond donors (Lipinski definition) is 0. The van der Waals surface area contributed by atoms with Crippen LogP contribution in [0.25, 0.3) is 0 Å². The molecular formula is C17H21NO3. The van der Waals surface area contributed by atoms with Gasteiger partial charge in [-0.1, -0.05) is 44.2 Å². The minimum Gasteiger partial charge on any atom is -0.444 e. The third-order valence-corrected chi connectivity index (χ3v) is 3.41. The molecule has 0 saturated heterocycles. The van der Waals surface area contributed by atoms with Crippen LogP contribution in [0.15, 0.2) is 42.6 Å². The van der Waals surface area contributed by atoms with Crippen molar-refractivity contribution in [3.8, 4) is 0 Å². The second kappa shape index (κ2) is 7.07. The fourth-order valence-electron chi connectivity index (χ4n) is 2.43. The number of allylic oxidation sites excluding steroid dienone is 1. The minimum atomic E-state index is -0.395. The number of carbonyl (C=O) groups is 2. The van der Waals surface area contributed by atoms with Gasteiger partial charge in [0.1, 0.15) is 6.61 Å². The maximum absolute atomic E-state index is 12.2. The summed E-state index contributed by atoms with van der Waals surface area (Å²) >= 11 is 0. The predicted molar refractivity (Wildman–Crippen MR) is 80.5 cm³/mol. The molecule has 1 unspecified atom stereocenters. The van der Waals surface area contributed by atoms with E-state index in [4.69, 9.17) is 4.74 Å². The summed E-state index contributed by atoms with van der Waals surface area (Å²) in [5, 5.41) is 0. The van der Waals surface area contributed by atoms with E-state index >= 15 is 0 Å². The lowest BCUT2D eigenvalue weighted by atomic mass is 9.96. The number of ether oxygens (including phenoxy) is 1. The molecule has 0 aliphatic carbocycles. The first-order valence-corrected chi connectivity index (χ1v) is 7.26. The third kappa shape index (κ3) is 4.45. The lowest BCUT2D eigenvalue weighted by Gasteiger charge is -2.31. The Bertz CT molecular complexity index is 522. The first kappa shape index (κ1) is 15.3. The van der Waals surface area contributed by atoms with Crippen LogP contribution in [-0.4, -0.2) is 22.8 Å². The van der Waals surface area contributed by atoms with Crippen molar-refractivity contribution in [1.29, 1.82) is 0 Å². The van der Waals surface area contributed by atoms with Gasteiger partial charge in [0, 0.05) is 18.7 Å². The normalized spacial score (nSPS) is 18.1. The zero-order valence-corrected chi connectivity index (χ0v) is 12.5. The summed E-state index contributed by atoms with van der Waals surface area (Å²) in [4.78, 5) is 25.3. The van der Waals surface area contributed by atoms with Crippen molar-refractivity contribution >= 4 is 11.9 Å². The Balaban J connectivity index is 1.98. The van der Waals surface area contributed by atoms with Gasteiger partial charge in [0.05, 0.1) is 0 Å². The number of rotatable bonds is 4. The monoisotopic (exact) mass is 287 g/mol. The smallest absolute Gasteiger partial charge is 0.414 e. The first-order chi connectivity index (χ1) is 10.1. The highest BCUT2D eigenvalue weighted by atomic mass is 16.6. The van der Waals surface area contributed by atoms with Crippen LogP contribution in [0.1, 0.15) is 32.3 Å². The lowest BCUT2D eigenvalue weighted by Crippen LogP contribution is -2.41. The molecule has 112 valence electrons. The average Bonchev–Trinajstić information content (AvgIpc) is 2.45. The molecule has 4 heteroatoms. The molecule has 0 fully saturated rings. The van der Waals surface area contributed by atoms with E-state index in [1.165, 1.54) is 6.08 Å². The Kier molecular flexibility index (Phi) is 5.14. The van der Waals surface area contributed by atoms with Gasteiger partial charge < -0.3 is 4.74 Å². The van der Waals surface area contributed by atoms with E-state index in [2.05, 4.69) is 13.8 Å². The van der Waals surface area contributed by atoms with Crippen molar-refractivity contribution in [3.05, 3.63) is 48.2 Å². The number of amides is 1. The number of ketones is 1. The van der Waals surface area contributed by atoms with Gasteiger partial charge in [-0.3, -0.25) is 9.69 Å². The molecule has 2 rings (SSSR count). The van der Waals surface area contributed by atoms with Gasteiger partial charge in [-0.15, -0.1) is 0 Å². The van der Waals surface area contributed by atoms with Crippen LogP contribution in [0, 0.1) is 5.92 Å². The molecule has 1 heterocycles. The highest BCUT2D eigenvalue weighted by Crippen LogP contribution is 2.21. The summed E-state index contributed by atoms with van der Waals surface area (Å²) in [7, 11) is 0. The summed E-state index contributed by atoms with van der Waals surface area (Å²) in [5.41, 5.74) is 0.948. The van der Waals surface area contributed by atoms with Gasteiger partial charge in [0.2, 0.25) is 0 Å². The van der Waals surface area contributed by atoms with E-state index in [9.17, 15) is 9.59 Å². The van der Waals surface area contributed by atoms with Crippen LogP contribution in [0.5, 0.6) is 0 Å². The SMILES string of the molecule is CC(C)CC1CC(=O)C=CN1C(=O)OCc1ccccc1. The van der Waals surface area contributed by atoms with Crippen molar-refractivity contribution in [3.63, 3.8) is 0 Å². The Morgan fingerprint density at radius 3 is 2.71 bits per heavy atom. The van der Waals surface area contributed by atoms with Crippen LogP contribution in [-0.2, 0) is 16.1 Å². The Hall–Kier alpha value is -2.10. The zero-order valence-electron chi connectivity index (χ0n) is 12.5. The minimum absolute atomic E-state index is 0.0627. The summed E-state index contributed by atoms with van der Waals surface area (Å²) in [6, 6.07) is 9.45. The van der Waals surface area contributed by atoms with Crippen molar-refractivity contribution in [2.24, 2.45) is 5.92 Å². The lowest BCUT2D eigenvalue weighted by molar-refractivity contribution is -0.116. The molecule has 1 aromatic rings. The van der Waals surface area contributed by atoms with Gasteiger partial charge in [-0.05, 0) is 24.0 Å². The van der Waals surface area contributed by atoms with Crippen molar-refractivity contribution in [2.45, 2.75) is 39.3 Å². The van der Waals surface area contributed by atoms with Crippen LogP contribution in [0.3, 0.4) is 0 Å². The number of nitrogens with zero attached hydrogens (tertiary/aromatic N) is 1. The van der Waals surface area contributed by atoms with Crippen LogP contribution in [0.4, 0.5) is 4.79 Å². The molecule has 1 amide bonds. The van der Waals surface area contributed by atoms with E-state index in [-0.39, 0.29) is 18.4 Å². The van der Waals surface area contributed by atoms with Crippen LogP contribution < -0.4 is 0 Å². The molecule has 1 aliphatic rings. The summed E-state index contributed by atoms with van der Waals surface area (Å²) < 4.78 is 5.34. The average molecular weight is 287 g/mol. The second-order valence-corrected chi connectivity index (χ2v) is 5.72. The zero-order chi connectivity index (χ0) is 15.2. The molecule has 21 heavy (non-hydrogen) atoms. The number of benzene rings is 1.